The lowest BCUT2D eigenvalue weighted by molar-refractivity contribution is 0.0996. The molecule has 0 bridgehead atoms. The van der Waals surface area contributed by atoms with E-state index in [1.165, 1.54) is 0 Å². The van der Waals surface area contributed by atoms with Crippen molar-refractivity contribution in [3.8, 4) is 0 Å². The quantitative estimate of drug-likeness (QED) is 0.635. The third-order valence-electron chi connectivity index (χ3n) is 2.56. The normalized spacial score (nSPS) is 11.0. The van der Waals surface area contributed by atoms with E-state index in [-0.39, 0.29) is 5.69 Å². The zero-order chi connectivity index (χ0) is 11.1. The van der Waals surface area contributed by atoms with Gasteiger partial charge in [0.25, 0.3) is 5.91 Å². The van der Waals surface area contributed by atoms with Gasteiger partial charge in [-0.25, -0.2) is 0 Å². The van der Waals surface area contributed by atoms with Crippen molar-refractivity contribution >= 4 is 27.7 Å². The lowest BCUT2D eigenvalue weighted by Gasteiger charge is -1.94. The van der Waals surface area contributed by atoms with Gasteiger partial charge >= 0.3 is 0 Å². The van der Waals surface area contributed by atoms with Gasteiger partial charge in [-0.05, 0) is 6.07 Å². The van der Waals surface area contributed by atoms with Crippen LogP contribution in [-0.4, -0.2) is 21.1 Å². The van der Waals surface area contributed by atoms with E-state index < -0.39 is 5.91 Å². The van der Waals surface area contributed by atoms with Crippen LogP contribution >= 0.6 is 0 Å². The van der Waals surface area contributed by atoms with E-state index >= 15 is 0 Å². The number of rotatable bonds is 1. The molecule has 1 aromatic carbocycles. The van der Waals surface area contributed by atoms with Gasteiger partial charge in [-0.15, -0.1) is 5.10 Å². The fourth-order valence-corrected chi connectivity index (χ4v) is 1.85. The fraction of sp³-hybridized carbons (Fsp3) is 0. The second-order valence-electron chi connectivity index (χ2n) is 3.52. The Morgan fingerprint density at radius 3 is 2.88 bits per heavy atom. The predicted octanol–water partition coefficient (Wildman–Crippen LogP) is 1.21. The van der Waals surface area contributed by atoms with Crippen molar-refractivity contribution in [2.45, 2.75) is 0 Å². The molecule has 0 spiro atoms. The molecule has 5 nitrogen and oxygen atoms in total. The largest absolute Gasteiger partial charge is 0.364 e. The Morgan fingerprint density at radius 1 is 1.25 bits per heavy atom. The Morgan fingerprint density at radius 2 is 2.06 bits per heavy atom. The standard InChI is InChI=1S/C11H8N4O/c12-11(16)10-9-7(5-13-15-10)6-3-1-2-4-8(6)14-9/h1-5,14H,(H2,12,16). The molecule has 0 radical (unpaired) electrons. The van der Waals surface area contributed by atoms with Crippen LogP contribution in [0.4, 0.5) is 0 Å². The van der Waals surface area contributed by atoms with Crippen LogP contribution in [0.5, 0.6) is 0 Å². The number of nitrogens with zero attached hydrogens (tertiary/aromatic N) is 2. The van der Waals surface area contributed by atoms with Gasteiger partial charge in [-0.2, -0.15) is 5.10 Å². The number of hydrogen-bond donors (Lipinski definition) is 2. The summed E-state index contributed by atoms with van der Waals surface area (Å²) < 4.78 is 0. The molecule has 0 saturated carbocycles. The highest BCUT2D eigenvalue weighted by Gasteiger charge is 2.12. The first-order valence-electron chi connectivity index (χ1n) is 4.79. The molecule has 0 aliphatic carbocycles. The summed E-state index contributed by atoms with van der Waals surface area (Å²) in [5.74, 6) is -0.579. The summed E-state index contributed by atoms with van der Waals surface area (Å²) in [6, 6.07) is 7.74. The number of carbonyl (C=O) groups is 1. The molecule has 2 heterocycles. The lowest BCUT2D eigenvalue weighted by Crippen LogP contribution is -2.14. The van der Waals surface area contributed by atoms with Gasteiger partial charge in [-0.1, -0.05) is 18.2 Å². The van der Waals surface area contributed by atoms with E-state index in [1.54, 1.807) is 6.20 Å². The number of amides is 1. The predicted molar refractivity (Wildman–Crippen MR) is 59.9 cm³/mol. The Hall–Kier alpha value is -2.43. The molecule has 2 aromatic heterocycles. The number of hydrogen-bond acceptors (Lipinski definition) is 3. The third kappa shape index (κ3) is 1.08. The van der Waals surface area contributed by atoms with Gasteiger partial charge in [0.2, 0.25) is 0 Å². The van der Waals surface area contributed by atoms with Gasteiger partial charge < -0.3 is 10.7 Å². The molecule has 1 amide bonds. The van der Waals surface area contributed by atoms with Crippen molar-refractivity contribution in [3.05, 3.63) is 36.2 Å². The average Bonchev–Trinajstić information content (AvgIpc) is 2.67. The number of nitrogens with one attached hydrogen (secondary N) is 1. The minimum Gasteiger partial charge on any atom is -0.364 e. The number of benzene rings is 1. The maximum atomic E-state index is 11.2. The fourth-order valence-electron chi connectivity index (χ4n) is 1.85. The minimum atomic E-state index is -0.579. The number of H-pyrrole nitrogens is 1. The second-order valence-corrected chi connectivity index (χ2v) is 3.52. The zero-order valence-corrected chi connectivity index (χ0v) is 8.27. The van der Waals surface area contributed by atoms with Gasteiger partial charge in [0.05, 0.1) is 11.7 Å². The highest BCUT2D eigenvalue weighted by atomic mass is 16.1. The van der Waals surface area contributed by atoms with Crippen molar-refractivity contribution < 1.29 is 4.79 Å². The van der Waals surface area contributed by atoms with E-state index in [9.17, 15) is 4.79 Å². The molecule has 0 fully saturated rings. The highest BCUT2D eigenvalue weighted by Crippen LogP contribution is 2.25. The summed E-state index contributed by atoms with van der Waals surface area (Å²) in [5.41, 5.74) is 7.00. The van der Waals surface area contributed by atoms with Crippen molar-refractivity contribution in [1.29, 1.82) is 0 Å². The molecular weight excluding hydrogens is 204 g/mol. The minimum absolute atomic E-state index is 0.175. The Labute approximate surface area is 90.3 Å². The molecule has 0 aliphatic rings. The van der Waals surface area contributed by atoms with Crippen molar-refractivity contribution in [2.24, 2.45) is 5.73 Å². The number of para-hydroxylation sites is 1. The first-order valence-corrected chi connectivity index (χ1v) is 4.79. The van der Waals surface area contributed by atoms with Gasteiger partial charge in [-0.3, -0.25) is 4.79 Å². The molecule has 5 heteroatoms. The number of aromatic nitrogens is 3. The summed E-state index contributed by atoms with van der Waals surface area (Å²) in [7, 11) is 0. The van der Waals surface area contributed by atoms with Crippen LogP contribution in [0.3, 0.4) is 0 Å². The van der Waals surface area contributed by atoms with E-state index in [0.29, 0.717) is 5.52 Å². The first-order chi connectivity index (χ1) is 7.77. The summed E-state index contributed by atoms with van der Waals surface area (Å²) in [4.78, 5) is 14.3. The zero-order valence-electron chi connectivity index (χ0n) is 8.27. The van der Waals surface area contributed by atoms with Crippen molar-refractivity contribution in [3.63, 3.8) is 0 Å². The van der Waals surface area contributed by atoms with Crippen LogP contribution in [0, 0.1) is 0 Å². The molecule has 0 saturated heterocycles. The summed E-state index contributed by atoms with van der Waals surface area (Å²) >= 11 is 0. The molecule has 78 valence electrons. The first kappa shape index (κ1) is 8.84. The highest BCUT2D eigenvalue weighted by molar-refractivity contribution is 6.13. The summed E-state index contributed by atoms with van der Waals surface area (Å²) in [6.45, 7) is 0. The van der Waals surface area contributed by atoms with Crippen molar-refractivity contribution in [2.75, 3.05) is 0 Å². The van der Waals surface area contributed by atoms with E-state index in [1.807, 2.05) is 24.3 Å². The number of aromatic amines is 1. The number of nitrogens with two attached hydrogens (primary N) is 1. The Balaban J connectivity index is 2.54. The van der Waals surface area contributed by atoms with Crippen LogP contribution in [0.15, 0.2) is 30.5 Å². The second kappa shape index (κ2) is 3.03. The number of primary amides is 1. The van der Waals surface area contributed by atoms with Gasteiger partial charge in [0.1, 0.15) is 0 Å². The number of fused-ring (bicyclic) bond motifs is 3. The maximum absolute atomic E-state index is 11.2. The molecule has 3 aromatic rings. The van der Waals surface area contributed by atoms with E-state index in [2.05, 4.69) is 15.2 Å². The summed E-state index contributed by atoms with van der Waals surface area (Å²) in [6.07, 6.45) is 1.63. The molecule has 3 N–H and O–H groups in total. The van der Waals surface area contributed by atoms with Crippen LogP contribution in [0.1, 0.15) is 10.5 Å². The van der Waals surface area contributed by atoms with Crippen LogP contribution in [0.25, 0.3) is 21.8 Å². The summed E-state index contributed by atoms with van der Waals surface area (Å²) in [5, 5.41) is 9.40. The molecular formula is C11H8N4O. The van der Waals surface area contributed by atoms with E-state index in [4.69, 9.17) is 5.73 Å². The monoisotopic (exact) mass is 212 g/mol. The van der Waals surface area contributed by atoms with Gasteiger partial charge in [0, 0.05) is 16.3 Å². The molecule has 16 heavy (non-hydrogen) atoms. The lowest BCUT2D eigenvalue weighted by atomic mass is 10.2. The smallest absolute Gasteiger partial charge is 0.271 e. The Bertz CT molecular complexity index is 701. The topological polar surface area (TPSA) is 84.7 Å². The van der Waals surface area contributed by atoms with Crippen LogP contribution in [-0.2, 0) is 0 Å². The molecule has 0 aliphatic heterocycles. The molecule has 0 unspecified atom stereocenters. The van der Waals surface area contributed by atoms with Gasteiger partial charge in [0.15, 0.2) is 5.69 Å². The Kier molecular flexibility index (Phi) is 1.67. The van der Waals surface area contributed by atoms with Crippen molar-refractivity contribution in [1.82, 2.24) is 15.2 Å². The van der Waals surface area contributed by atoms with Crippen LogP contribution in [0.2, 0.25) is 0 Å². The molecule has 0 atom stereocenters. The number of carbonyl (C=O) groups excluding carboxylic acids is 1. The maximum Gasteiger partial charge on any atom is 0.271 e. The van der Waals surface area contributed by atoms with Crippen LogP contribution < -0.4 is 5.73 Å². The van der Waals surface area contributed by atoms with E-state index in [0.717, 1.165) is 16.3 Å². The molecule has 3 rings (SSSR count). The SMILES string of the molecule is NC(=O)c1nncc2c1[nH]c1ccccc12. The third-order valence-corrected chi connectivity index (χ3v) is 2.56. The average molecular weight is 212 g/mol.